The molecule has 1 unspecified atom stereocenters. The summed E-state index contributed by atoms with van der Waals surface area (Å²) < 4.78 is 0. The van der Waals surface area contributed by atoms with E-state index in [0.29, 0.717) is 15.7 Å². The lowest BCUT2D eigenvalue weighted by Gasteiger charge is -2.14. The Labute approximate surface area is 148 Å². The van der Waals surface area contributed by atoms with E-state index in [1.165, 1.54) is 0 Å². The Morgan fingerprint density at radius 2 is 1.79 bits per heavy atom. The summed E-state index contributed by atoms with van der Waals surface area (Å²) in [5.41, 5.74) is 2.08. The molecule has 1 heterocycles. The van der Waals surface area contributed by atoms with Crippen LogP contribution in [0, 0.1) is 13.8 Å². The van der Waals surface area contributed by atoms with Gasteiger partial charge in [-0.05, 0) is 37.6 Å². The lowest BCUT2D eigenvalue weighted by atomic mass is 10.1. The predicted octanol–water partition coefficient (Wildman–Crippen LogP) is 2.78. The number of nitrogens with zero attached hydrogens (tertiary/aromatic N) is 2. The number of carboxylic acid groups (broad SMARTS) is 1. The van der Waals surface area contributed by atoms with Crippen LogP contribution in [0.2, 0.25) is 5.02 Å². The molecular weight excluding hydrogens is 350 g/mol. The van der Waals surface area contributed by atoms with Gasteiger partial charge in [0.05, 0.1) is 5.75 Å². The van der Waals surface area contributed by atoms with Crippen LogP contribution in [0.1, 0.15) is 23.0 Å². The van der Waals surface area contributed by atoms with Crippen LogP contribution in [0.3, 0.4) is 0 Å². The van der Waals surface area contributed by atoms with Gasteiger partial charge < -0.3 is 10.4 Å². The smallest absolute Gasteiger partial charge is 0.330 e. The highest BCUT2D eigenvalue weighted by atomic mass is 35.5. The van der Waals surface area contributed by atoms with Crippen molar-refractivity contribution in [3.05, 3.63) is 52.3 Å². The van der Waals surface area contributed by atoms with Gasteiger partial charge in [-0.15, -0.1) is 0 Å². The van der Waals surface area contributed by atoms with Crippen LogP contribution >= 0.6 is 23.4 Å². The number of benzene rings is 1. The monoisotopic (exact) mass is 365 g/mol. The van der Waals surface area contributed by atoms with Gasteiger partial charge in [-0.1, -0.05) is 35.5 Å². The second kappa shape index (κ2) is 8.12. The first-order valence-corrected chi connectivity index (χ1v) is 8.44. The van der Waals surface area contributed by atoms with E-state index >= 15 is 0 Å². The number of thioether (sulfide) groups is 1. The Hall–Kier alpha value is -2.12. The zero-order valence-corrected chi connectivity index (χ0v) is 14.7. The van der Waals surface area contributed by atoms with E-state index in [2.05, 4.69) is 15.3 Å². The summed E-state index contributed by atoms with van der Waals surface area (Å²) in [6, 6.07) is 7.01. The van der Waals surface area contributed by atoms with Gasteiger partial charge in [0, 0.05) is 16.4 Å². The summed E-state index contributed by atoms with van der Waals surface area (Å²) in [7, 11) is 0. The average molecular weight is 366 g/mol. The summed E-state index contributed by atoms with van der Waals surface area (Å²) in [4.78, 5) is 31.9. The largest absolute Gasteiger partial charge is 0.479 e. The molecule has 0 radical (unpaired) electrons. The number of hydrogen-bond donors (Lipinski definition) is 2. The minimum absolute atomic E-state index is 0.0280. The summed E-state index contributed by atoms with van der Waals surface area (Å²) >= 11 is 6.95. The van der Waals surface area contributed by atoms with Gasteiger partial charge in [0.25, 0.3) is 0 Å². The molecule has 0 bridgehead atoms. The fraction of sp³-hybridized carbons (Fsp3) is 0.250. The third-order valence-electron chi connectivity index (χ3n) is 3.05. The van der Waals surface area contributed by atoms with Gasteiger partial charge >= 0.3 is 5.97 Å². The lowest BCUT2D eigenvalue weighted by Crippen LogP contribution is -2.34. The minimum Gasteiger partial charge on any atom is -0.479 e. The molecule has 1 aromatic heterocycles. The van der Waals surface area contributed by atoms with Crippen molar-refractivity contribution in [3.63, 3.8) is 0 Å². The summed E-state index contributed by atoms with van der Waals surface area (Å²) in [6.45, 7) is 3.69. The van der Waals surface area contributed by atoms with Crippen molar-refractivity contribution in [1.29, 1.82) is 0 Å². The van der Waals surface area contributed by atoms with E-state index in [9.17, 15) is 14.7 Å². The molecule has 1 amide bonds. The normalized spacial score (nSPS) is 11.8. The van der Waals surface area contributed by atoms with Crippen LogP contribution in [-0.2, 0) is 9.59 Å². The number of rotatable bonds is 6. The highest BCUT2D eigenvalue weighted by Crippen LogP contribution is 2.18. The minimum atomic E-state index is -1.14. The van der Waals surface area contributed by atoms with E-state index in [1.54, 1.807) is 24.3 Å². The van der Waals surface area contributed by atoms with Crippen molar-refractivity contribution in [1.82, 2.24) is 15.3 Å². The molecule has 0 saturated carbocycles. The second-order valence-corrected chi connectivity index (χ2v) is 6.49. The number of hydrogen-bond acceptors (Lipinski definition) is 5. The molecule has 2 aromatic rings. The molecule has 8 heteroatoms. The second-order valence-electron chi connectivity index (χ2n) is 5.11. The molecule has 0 aliphatic rings. The Kier molecular flexibility index (Phi) is 6.16. The van der Waals surface area contributed by atoms with Gasteiger partial charge in [-0.3, -0.25) is 4.79 Å². The first-order valence-electron chi connectivity index (χ1n) is 7.08. The van der Waals surface area contributed by atoms with Crippen LogP contribution in [0.15, 0.2) is 35.5 Å². The van der Waals surface area contributed by atoms with Crippen molar-refractivity contribution in [3.8, 4) is 0 Å². The number of carboxylic acids is 1. The number of aromatic nitrogens is 2. The van der Waals surface area contributed by atoms with Gasteiger partial charge in [0.1, 0.15) is 0 Å². The van der Waals surface area contributed by atoms with E-state index < -0.39 is 17.9 Å². The van der Waals surface area contributed by atoms with Crippen molar-refractivity contribution in [2.45, 2.75) is 25.0 Å². The maximum atomic E-state index is 12.1. The number of nitrogens with one attached hydrogen (secondary N) is 1. The van der Waals surface area contributed by atoms with Gasteiger partial charge in [-0.2, -0.15) is 0 Å². The van der Waals surface area contributed by atoms with Crippen molar-refractivity contribution in [2.24, 2.45) is 0 Å². The number of carbonyl (C=O) groups is 2. The molecule has 126 valence electrons. The lowest BCUT2D eigenvalue weighted by molar-refractivity contribution is -0.141. The molecule has 0 fully saturated rings. The van der Waals surface area contributed by atoms with Crippen molar-refractivity contribution in [2.75, 3.05) is 5.75 Å². The standard InChI is InChI=1S/C16H16ClN3O3S/c1-9-7-10(2)19-16(18-9)24-8-13(21)20-14(15(22)23)11-3-5-12(17)6-4-11/h3-7,14H,8H2,1-2H3,(H,20,21)(H,22,23). The van der Waals surface area contributed by atoms with Crippen LogP contribution in [0.4, 0.5) is 0 Å². The molecule has 0 spiro atoms. The zero-order valence-electron chi connectivity index (χ0n) is 13.1. The maximum absolute atomic E-state index is 12.1. The first-order chi connectivity index (χ1) is 11.3. The summed E-state index contributed by atoms with van der Waals surface area (Å²) in [5.74, 6) is -1.52. The molecule has 6 nitrogen and oxygen atoms in total. The molecule has 1 aromatic carbocycles. The van der Waals surface area contributed by atoms with E-state index in [-0.39, 0.29) is 5.75 Å². The number of aliphatic carboxylic acids is 1. The fourth-order valence-electron chi connectivity index (χ4n) is 2.03. The van der Waals surface area contributed by atoms with Crippen LogP contribution in [-0.4, -0.2) is 32.7 Å². The molecule has 0 saturated heterocycles. The molecule has 2 rings (SSSR count). The van der Waals surface area contributed by atoms with Crippen molar-refractivity contribution < 1.29 is 14.7 Å². The molecule has 24 heavy (non-hydrogen) atoms. The predicted molar refractivity (Wildman–Crippen MR) is 92.2 cm³/mol. The quantitative estimate of drug-likeness (QED) is 0.604. The van der Waals surface area contributed by atoms with Crippen LogP contribution < -0.4 is 5.32 Å². The zero-order chi connectivity index (χ0) is 17.7. The Balaban J connectivity index is 2.00. The topological polar surface area (TPSA) is 92.2 Å². The third-order valence-corrected chi connectivity index (χ3v) is 4.15. The highest BCUT2D eigenvalue weighted by Gasteiger charge is 2.22. The van der Waals surface area contributed by atoms with Gasteiger partial charge in [-0.25, -0.2) is 14.8 Å². The van der Waals surface area contributed by atoms with E-state index in [4.69, 9.17) is 11.6 Å². The Bertz CT molecular complexity index is 732. The Morgan fingerprint density at radius 3 is 2.33 bits per heavy atom. The molecular formula is C16H16ClN3O3S. The van der Waals surface area contributed by atoms with E-state index in [1.807, 2.05) is 19.9 Å². The molecule has 2 N–H and O–H groups in total. The summed E-state index contributed by atoms with van der Waals surface area (Å²) in [6.07, 6.45) is 0. The van der Waals surface area contributed by atoms with Gasteiger partial charge in [0.2, 0.25) is 5.91 Å². The van der Waals surface area contributed by atoms with Gasteiger partial charge in [0.15, 0.2) is 11.2 Å². The van der Waals surface area contributed by atoms with Crippen LogP contribution in [0.5, 0.6) is 0 Å². The number of amides is 1. The van der Waals surface area contributed by atoms with E-state index in [0.717, 1.165) is 23.1 Å². The number of aryl methyl sites for hydroxylation is 2. The highest BCUT2D eigenvalue weighted by molar-refractivity contribution is 7.99. The maximum Gasteiger partial charge on any atom is 0.330 e. The van der Waals surface area contributed by atoms with Crippen LogP contribution in [0.25, 0.3) is 0 Å². The molecule has 1 atom stereocenters. The molecule has 0 aliphatic carbocycles. The first kappa shape index (κ1) is 18.2. The Morgan fingerprint density at radius 1 is 1.21 bits per heavy atom. The molecule has 0 aliphatic heterocycles. The SMILES string of the molecule is Cc1cc(C)nc(SCC(=O)NC(C(=O)O)c2ccc(Cl)cc2)n1. The fourth-order valence-corrected chi connectivity index (χ4v) is 2.92. The summed E-state index contributed by atoms with van der Waals surface area (Å²) in [5, 5.41) is 12.8. The van der Waals surface area contributed by atoms with Crippen molar-refractivity contribution >= 4 is 35.2 Å². The average Bonchev–Trinajstić information content (AvgIpc) is 2.50. The number of halogens is 1. The number of carbonyl (C=O) groups excluding carboxylic acids is 1. The third kappa shape index (κ3) is 5.21.